The molecule has 4 heteroatoms. The first-order chi connectivity index (χ1) is 21.4. The molecule has 0 bridgehead atoms. The van der Waals surface area contributed by atoms with Crippen molar-refractivity contribution in [3.63, 3.8) is 0 Å². The van der Waals surface area contributed by atoms with Crippen molar-refractivity contribution >= 4 is 51.5 Å². The van der Waals surface area contributed by atoms with E-state index in [2.05, 4.69) is 128 Å². The molecular weight excluding hydrogens is 538 g/mol. The van der Waals surface area contributed by atoms with Crippen molar-refractivity contribution in [2.24, 2.45) is 0 Å². The van der Waals surface area contributed by atoms with E-state index in [1.54, 1.807) is 12.1 Å². The number of nitrogens with one attached hydrogen (secondary N) is 1. The maximum absolute atomic E-state index is 14.0. The highest BCUT2D eigenvalue weighted by Gasteiger charge is 2.47. The maximum Gasteiger partial charge on any atom is 0.252 e. The summed E-state index contributed by atoms with van der Waals surface area (Å²) in [6.07, 6.45) is 0. The number of para-hydroxylation sites is 3. The lowest BCUT2D eigenvalue weighted by Crippen LogP contribution is -2.61. The molecule has 6 aromatic carbocycles. The Morgan fingerprint density at radius 2 is 1.36 bits per heavy atom. The lowest BCUT2D eigenvalue weighted by atomic mass is 9.33. The third kappa shape index (κ3) is 3.37. The maximum atomic E-state index is 14.0. The summed E-state index contributed by atoms with van der Waals surface area (Å²) >= 11 is 0. The number of halogens is 1. The largest absolute Gasteiger partial charge is 0.356 e. The zero-order valence-corrected chi connectivity index (χ0v) is 24.9. The van der Waals surface area contributed by atoms with Gasteiger partial charge in [0.15, 0.2) is 0 Å². The number of hydrogen-bond acceptors (Lipinski definition) is 2. The van der Waals surface area contributed by atoms with Crippen LogP contribution in [0.3, 0.4) is 0 Å². The molecule has 0 aliphatic carbocycles. The molecule has 1 N–H and O–H groups in total. The van der Waals surface area contributed by atoms with Crippen LogP contribution in [-0.4, -0.2) is 6.71 Å². The molecule has 0 radical (unpaired) electrons. The highest BCUT2D eigenvalue weighted by Crippen LogP contribution is 2.53. The van der Waals surface area contributed by atoms with Crippen molar-refractivity contribution in [3.05, 3.63) is 144 Å². The minimum atomic E-state index is -0.228. The van der Waals surface area contributed by atoms with Gasteiger partial charge in [0.2, 0.25) is 0 Å². The number of benzene rings is 6. The SMILES string of the molecule is Cc1ccccc1-c1cccc2c1Nc1cc(-c3ccc(F)cc3)cc3c1B2c1cccc2c1N3c1ccccc1C2(C)C. The standard InChI is InChI=1S/C40H30BFN2/c1-24-10-4-5-11-28(24)29-12-8-15-32-38(29)43-34-22-26(25-18-20-27(42)21-19-25)23-36-37(34)41(32)33-16-9-14-31-39(33)44(36)35-17-7-6-13-30(35)40(31,2)3/h4-23,43H,1-3H3. The number of hydrogen-bond donors (Lipinski definition) is 1. The molecule has 0 spiro atoms. The van der Waals surface area contributed by atoms with Crippen LogP contribution in [0.15, 0.2) is 121 Å². The molecule has 2 nitrogen and oxygen atoms in total. The average Bonchev–Trinajstić information content (AvgIpc) is 3.04. The van der Waals surface area contributed by atoms with Crippen molar-refractivity contribution in [2.45, 2.75) is 26.2 Å². The van der Waals surface area contributed by atoms with Crippen LogP contribution >= 0.6 is 0 Å². The van der Waals surface area contributed by atoms with Gasteiger partial charge in [0.05, 0.1) is 5.69 Å². The number of rotatable bonds is 2. The van der Waals surface area contributed by atoms with E-state index in [9.17, 15) is 4.39 Å². The van der Waals surface area contributed by atoms with Crippen LogP contribution in [0.1, 0.15) is 30.5 Å². The Labute approximate surface area is 257 Å². The van der Waals surface area contributed by atoms with Crippen molar-refractivity contribution < 1.29 is 4.39 Å². The Kier molecular flexibility index (Phi) is 5.18. The van der Waals surface area contributed by atoms with Gasteiger partial charge in [-0.25, -0.2) is 4.39 Å². The topological polar surface area (TPSA) is 15.3 Å². The lowest BCUT2D eigenvalue weighted by Gasteiger charge is -2.48. The van der Waals surface area contributed by atoms with Crippen LogP contribution in [0.5, 0.6) is 0 Å². The summed E-state index contributed by atoms with van der Waals surface area (Å²) in [6.45, 7) is 6.94. The summed E-state index contributed by atoms with van der Waals surface area (Å²) in [5, 5.41) is 3.94. The monoisotopic (exact) mass is 568 g/mol. The minimum Gasteiger partial charge on any atom is -0.356 e. The molecule has 210 valence electrons. The molecule has 0 atom stereocenters. The average molecular weight is 569 g/mol. The Bertz CT molecular complexity index is 2160. The number of nitrogens with zero attached hydrogens (tertiary/aromatic N) is 1. The first-order valence-corrected chi connectivity index (χ1v) is 15.3. The third-order valence-electron chi connectivity index (χ3n) is 10.1. The summed E-state index contributed by atoms with van der Waals surface area (Å²) in [5.74, 6) is -0.228. The number of aryl methyl sites for hydroxylation is 1. The molecular formula is C40H30BFN2. The van der Waals surface area contributed by atoms with Crippen LogP contribution in [0.4, 0.5) is 32.8 Å². The van der Waals surface area contributed by atoms with Crippen LogP contribution < -0.4 is 26.6 Å². The van der Waals surface area contributed by atoms with Gasteiger partial charge in [0.25, 0.3) is 6.71 Å². The van der Waals surface area contributed by atoms with Gasteiger partial charge in [-0.05, 0) is 87.0 Å². The van der Waals surface area contributed by atoms with E-state index in [0.717, 1.165) is 22.5 Å². The molecule has 0 amide bonds. The Morgan fingerprint density at radius 3 is 2.20 bits per heavy atom. The second-order valence-corrected chi connectivity index (χ2v) is 12.8. The van der Waals surface area contributed by atoms with Crippen molar-refractivity contribution in [1.82, 2.24) is 0 Å². The van der Waals surface area contributed by atoms with E-state index >= 15 is 0 Å². The first kappa shape index (κ1) is 25.4. The lowest BCUT2D eigenvalue weighted by molar-refractivity contribution is 0.628. The minimum absolute atomic E-state index is 0.0646. The molecule has 0 aromatic heterocycles. The normalized spacial score (nSPS) is 14.6. The fourth-order valence-electron chi connectivity index (χ4n) is 7.96. The van der Waals surface area contributed by atoms with Gasteiger partial charge in [-0.2, -0.15) is 0 Å². The number of anilines is 5. The van der Waals surface area contributed by atoms with Crippen LogP contribution in [0.25, 0.3) is 22.3 Å². The fraction of sp³-hybridized carbons (Fsp3) is 0.100. The molecule has 0 fully saturated rings. The van der Waals surface area contributed by atoms with Crippen molar-refractivity contribution in [2.75, 3.05) is 10.2 Å². The van der Waals surface area contributed by atoms with Gasteiger partial charge in [-0.1, -0.05) is 105 Å². The van der Waals surface area contributed by atoms with E-state index in [-0.39, 0.29) is 17.9 Å². The Morgan fingerprint density at radius 1 is 0.659 bits per heavy atom. The van der Waals surface area contributed by atoms with E-state index in [1.807, 2.05) is 12.1 Å². The molecule has 0 unspecified atom stereocenters. The second-order valence-electron chi connectivity index (χ2n) is 12.8. The predicted molar refractivity (Wildman–Crippen MR) is 183 cm³/mol. The van der Waals surface area contributed by atoms with Gasteiger partial charge >= 0.3 is 0 Å². The van der Waals surface area contributed by atoms with E-state index in [1.165, 1.54) is 61.3 Å². The first-order valence-electron chi connectivity index (χ1n) is 15.3. The smallest absolute Gasteiger partial charge is 0.252 e. The van der Waals surface area contributed by atoms with Crippen LogP contribution in [0, 0.1) is 12.7 Å². The molecule has 0 saturated heterocycles. The van der Waals surface area contributed by atoms with Gasteiger partial charge in [-0.15, -0.1) is 0 Å². The Balaban J connectivity index is 1.39. The molecule has 0 saturated carbocycles. The summed E-state index contributed by atoms with van der Waals surface area (Å²) in [7, 11) is 0. The molecule has 3 aliphatic heterocycles. The van der Waals surface area contributed by atoms with Gasteiger partial charge in [0.1, 0.15) is 5.82 Å². The molecule has 9 rings (SSSR count). The van der Waals surface area contributed by atoms with Crippen molar-refractivity contribution in [3.8, 4) is 22.3 Å². The molecule has 3 heterocycles. The van der Waals surface area contributed by atoms with Crippen molar-refractivity contribution in [1.29, 1.82) is 0 Å². The summed E-state index contributed by atoms with van der Waals surface area (Å²) in [4.78, 5) is 2.49. The van der Waals surface area contributed by atoms with Gasteiger partial charge in [-0.3, -0.25) is 0 Å². The Hall–Kier alpha value is -5.09. The summed E-state index contributed by atoms with van der Waals surface area (Å²) < 4.78 is 14.0. The van der Waals surface area contributed by atoms with E-state index < -0.39 is 0 Å². The van der Waals surface area contributed by atoms with Crippen LogP contribution in [-0.2, 0) is 5.41 Å². The van der Waals surface area contributed by atoms with Gasteiger partial charge in [0, 0.05) is 33.7 Å². The molecule has 44 heavy (non-hydrogen) atoms. The van der Waals surface area contributed by atoms with Crippen LogP contribution in [0.2, 0.25) is 0 Å². The molecule has 6 aromatic rings. The zero-order chi connectivity index (χ0) is 29.7. The predicted octanol–water partition coefficient (Wildman–Crippen LogP) is 8.46. The molecule has 3 aliphatic rings. The van der Waals surface area contributed by atoms with Gasteiger partial charge < -0.3 is 10.2 Å². The van der Waals surface area contributed by atoms with E-state index in [4.69, 9.17) is 0 Å². The highest BCUT2D eigenvalue weighted by atomic mass is 19.1. The van der Waals surface area contributed by atoms with E-state index in [0.29, 0.717) is 0 Å². The quantitative estimate of drug-likeness (QED) is 0.211. The fourth-order valence-corrected chi connectivity index (χ4v) is 7.96. The third-order valence-corrected chi connectivity index (χ3v) is 10.1. The zero-order valence-electron chi connectivity index (χ0n) is 24.9. The summed E-state index contributed by atoms with van der Waals surface area (Å²) in [5.41, 5.74) is 18.1. The number of fused-ring (bicyclic) bond motifs is 6. The second kappa shape index (κ2) is 8.97. The highest BCUT2D eigenvalue weighted by molar-refractivity contribution is 7.00. The summed E-state index contributed by atoms with van der Waals surface area (Å²) in [6, 6.07) is 42.5.